The van der Waals surface area contributed by atoms with Gasteiger partial charge in [0.15, 0.2) is 0 Å². The van der Waals surface area contributed by atoms with Gasteiger partial charge in [-0.1, -0.05) is 12.0 Å². The van der Waals surface area contributed by atoms with E-state index in [0.717, 1.165) is 30.5 Å². The fourth-order valence-electron chi connectivity index (χ4n) is 2.66. The maximum absolute atomic E-state index is 12.5. The number of hydrogen-bond donors (Lipinski definition) is 1. The number of amides is 1. The number of carbonyl (C=O) groups is 1. The molecule has 19 heavy (non-hydrogen) atoms. The molecule has 100 valence electrons. The Kier molecular flexibility index (Phi) is 4.24. The van der Waals surface area contributed by atoms with Gasteiger partial charge in [-0.05, 0) is 44.4 Å². The summed E-state index contributed by atoms with van der Waals surface area (Å²) in [6.45, 7) is 2.51. The molecule has 1 N–H and O–H groups in total. The van der Waals surface area contributed by atoms with E-state index in [2.05, 4.69) is 5.92 Å². The van der Waals surface area contributed by atoms with Crippen molar-refractivity contribution in [2.75, 3.05) is 11.4 Å². The van der Waals surface area contributed by atoms with Crippen LogP contribution in [0.2, 0.25) is 0 Å². The van der Waals surface area contributed by atoms with E-state index in [1.807, 2.05) is 31.2 Å². The molecular formula is C16H19NO2. The van der Waals surface area contributed by atoms with Crippen molar-refractivity contribution in [1.82, 2.24) is 0 Å². The summed E-state index contributed by atoms with van der Waals surface area (Å²) < 4.78 is 0. The van der Waals surface area contributed by atoms with Crippen molar-refractivity contribution in [1.29, 1.82) is 0 Å². The van der Waals surface area contributed by atoms with Crippen LogP contribution in [0.25, 0.3) is 0 Å². The third-order valence-corrected chi connectivity index (χ3v) is 3.70. The van der Waals surface area contributed by atoms with Gasteiger partial charge in [0.2, 0.25) is 5.91 Å². The van der Waals surface area contributed by atoms with Crippen molar-refractivity contribution in [2.45, 2.75) is 32.3 Å². The summed E-state index contributed by atoms with van der Waals surface area (Å²) in [4.78, 5) is 14.2. The Morgan fingerprint density at radius 2 is 2.32 bits per heavy atom. The molecule has 1 amide bonds. The lowest BCUT2D eigenvalue weighted by atomic mass is 10.0. The normalized spacial score (nSPS) is 21.9. The predicted molar refractivity (Wildman–Crippen MR) is 75.8 cm³/mol. The van der Waals surface area contributed by atoms with Crippen LogP contribution in [0.4, 0.5) is 5.69 Å². The molecule has 1 aliphatic carbocycles. The lowest BCUT2D eigenvalue weighted by Crippen LogP contribution is -2.39. The SMILES string of the molecule is C#Cc1cccc(N(CC)C(=O)C2CCCC2O)c1. The van der Waals surface area contributed by atoms with Crippen LogP contribution in [-0.2, 0) is 4.79 Å². The van der Waals surface area contributed by atoms with Gasteiger partial charge in [0.05, 0.1) is 12.0 Å². The molecule has 2 unspecified atom stereocenters. The molecule has 1 aromatic carbocycles. The van der Waals surface area contributed by atoms with Crippen molar-refractivity contribution in [3.8, 4) is 12.3 Å². The van der Waals surface area contributed by atoms with Gasteiger partial charge >= 0.3 is 0 Å². The van der Waals surface area contributed by atoms with E-state index < -0.39 is 6.10 Å². The summed E-state index contributed by atoms with van der Waals surface area (Å²) in [7, 11) is 0. The number of anilines is 1. The summed E-state index contributed by atoms with van der Waals surface area (Å²) in [6, 6.07) is 7.41. The molecular weight excluding hydrogens is 238 g/mol. The number of hydrogen-bond acceptors (Lipinski definition) is 2. The smallest absolute Gasteiger partial charge is 0.232 e. The third kappa shape index (κ3) is 2.80. The number of terminal acetylenes is 1. The summed E-state index contributed by atoms with van der Waals surface area (Å²) in [6.07, 6.45) is 7.29. The molecule has 1 aliphatic rings. The molecule has 1 saturated carbocycles. The van der Waals surface area contributed by atoms with E-state index >= 15 is 0 Å². The maximum Gasteiger partial charge on any atom is 0.232 e. The fourth-order valence-corrected chi connectivity index (χ4v) is 2.66. The number of nitrogens with zero attached hydrogens (tertiary/aromatic N) is 1. The minimum atomic E-state index is -0.502. The van der Waals surface area contributed by atoms with Crippen LogP contribution in [0.1, 0.15) is 31.7 Å². The molecule has 1 fully saturated rings. The zero-order valence-corrected chi connectivity index (χ0v) is 11.2. The van der Waals surface area contributed by atoms with Gasteiger partial charge in [0.25, 0.3) is 0 Å². The average Bonchev–Trinajstić information content (AvgIpc) is 2.86. The molecule has 0 heterocycles. The summed E-state index contributed by atoms with van der Waals surface area (Å²) >= 11 is 0. The van der Waals surface area contributed by atoms with E-state index in [9.17, 15) is 9.90 Å². The Bertz CT molecular complexity index is 504. The van der Waals surface area contributed by atoms with Crippen molar-refractivity contribution < 1.29 is 9.90 Å². The molecule has 0 bridgehead atoms. The number of aliphatic hydroxyl groups is 1. The Morgan fingerprint density at radius 1 is 1.53 bits per heavy atom. The number of benzene rings is 1. The zero-order valence-electron chi connectivity index (χ0n) is 11.2. The van der Waals surface area contributed by atoms with Crippen LogP contribution < -0.4 is 4.90 Å². The number of carbonyl (C=O) groups excluding carboxylic acids is 1. The minimum Gasteiger partial charge on any atom is -0.392 e. The quantitative estimate of drug-likeness (QED) is 0.843. The number of aliphatic hydroxyl groups excluding tert-OH is 1. The second-order valence-electron chi connectivity index (χ2n) is 4.88. The van der Waals surface area contributed by atoms with Crippen molar-refractivity contribution in [3.63, 3.8) is 0 Å². The summed E-state index contributed by atoms with van der Waals surface area (Å²) in [5.41, 5.74) is 1.57. The molecule has 2 rings (SSSR count). The Labute approximate surface area is 114 Å². The van der Waals surface area contributed by atoms with Crippen LogP contribution >= 0.6 is 0 Å². The van der Waals surface area contributed by atoms with Crippen molar-refractivity contribution in [2.24, 2.45) is 5.92 Å². The lowest BCUT2D eigenvalue weighted by Gasteiger charge is -2.26. The van der Waals surface area contributed by atoms with Gasteiger partial charge in [0, 0.05) is 17.8 Å². The highest BCUT2D eigenvalue weighted by molar-refractivity contribution is 5.95. The molecule has 3 nitrogen and oxygen atoms in total. The van der Waals surface area contributed by atoms with Crippen LogP contribution in [0, 0.1) is 18.3 Å². The zero-order chi connectivity index (χ0) is 13.8. The van der Waals surface area contributed by atoms with E-state index in [1.165, 1.54) is 0 Å². The Morgan fingerprint density at radius 3 is 2.89 bits per heavy atom. The topological polar surface area (TPSA) is 40.5 Å². The van der Waals surface area contributed by atoms with E-state index in [1.54, 1.807) is 4.90 Å². The molecule has 0 saturated heterocycles. The highest BCUT2D eigenvalue weighted by atomic mass is 16.3. The van der Waals surface area contributed by atoms with Gasteiger partial charge < -0.3 is 10.0 Å². The monoisotopic (exact) mass is 257 g/mol. The fraction of sp³-hybridized carbons (Fsp3) is 0.438. The molecule has 0 aromatic heterocycles. The molecule has 2 atom stereocenters. The van der Waals surface area contributed by atoms with Gasteiger partial charge in [-0.3, -0.25) is 4.79 Å². The first kappa shape index (κ1) is 13.6. The maximum atomic E-state index is 12.5. The van der Waals surface area contributed by atoms with E-state index in [0.29, 0.717) is 6.54 Å². The Hall–Kier alpha value is -1.79. The van der Waals surface area contributed by atoms with Crippen molar-refractivity contribution in [3.05, 3.63) is 29.8 Å². The largest absolute Gasteiger partial charge is 0.392 e. The van der Waals surface area contributed by atoms with Gasteiger partial charge in [-0.15, -0.1) is 6.42 Å². The third-order valence-electron chi connectivity index (χ3n) is 3.70. The highest BCUT2D eigenvalue weighted by Crippen LogP contribution is 2.29. The first-order valence-corrected chi connectivity index (χ1v) is 6.73. The van der Waals surface area contributed by atoms with E-state index in [-0.39, 0.29) is 11.8 Å². The van der Waals surface area contributed by atoms with Gasteiger partial charge in [0.1, 0.15) is 0 Å². The van der Waals surface area contributed by atoms with Crippen LogP contribution in [-0.4, -0.2) is 23.7 Å². The summed E-state index contributed by atoms with van der Waals surface area (Å²) in [5, 5.41) is 9.87. The molecule has 0 spiro atoms. The molecule has 0 radical (unpaired) electrons. The summed E-state index contributed by atoms with van der Waals surface area (Å²) in [5.74, 6) is 2.31. The van der Waals surface area contributed by atoms with E-state index in [4.69, 9.17) is 6.42 Å². The first-order valence-electron chi connectivity index (χ1n) is 6.73. The minimum absolute atomic E-state index is 0.00155. The number of rotatable bonds is 3. The van der Waals surface area contributed by atoms with Gasteiger partial charge in [-0.2, -0.15) is 0 Å². The first-order chi connectivity index (χ1) is 9.17. The molecule has 1 aromatic rings. The average molecular weight is 257 g/mol. The molecule has 0 aliphatic heterocycles. The molecule has 3 heteroatoms. The standard InChI is InChI=1S/C16H19NO2/c1-3-12-7-5-8-13(11-12)17(4-2)16(19)14-9-6-10-15(14)18/h1,5,7-8,11,14-15,18H,4,6,9-10H2,2H3. The van der Waals surface area contributed by atoms with Crippen LogP contribution in [0.15, 0.2) is 24.3 Å². The second-order valence-corrected chi connectivity index (χ2v) is 4.88. The predicted octanol–water partition coefficient (Wildman–Crippen LogP) is 2.18. The second kappa shape index (κ2) is 5.90. The Balaban J connectivity index is 2.24. The van der Waals surface area contributed by atoms with Crippen molar-refractivity contribution >= 4 is 11.6 Å². The van der Waals surface area contributed by atoms with Crippen LogP contribution in [0.3, 0.4) is 0 Å². The highest BCUT2D eigenvalue weighted by Gasteiger charge is 2.34. The van der Waals surface area contributed by atoms with Crippen LogP contribution in [0.5, 0.6) is 0 Å². The van der Waals surface area contributed by atoms with Gasteiger partial charge in [-0.25, -0.2) is 0 Å². The lowest BCUT2D eigenvalue weighted by molar-refractivity contribution is -0.124.